The maximum Gasteiger partial charge on any atom is 0.269 e. The van der Waals surface area contributed by atoms with Crippen molar-refractivity contribution in [3.8, 4) is 5.75 Å². The molecule has 1 aliphatic heterocycles. The lowest BCUT2D eigenvalue weighted by Crippen LogP contribution is -2.19. The highest BCUT2D eigenvalue weighted by Crippen LogP contribution is 2.31. The molecular weight excluding hydrogens is 518 g/mol. The monoisotopic (exact) mass is 537 g/mol. The molecule has 1 fully saturated rings. The van der Waals surface area contributed by atoms with Crippen LogP contribution in [0.1, 0.15) is 23.6 Å². The van der Waals surface area contributed by atoms with Gasteiger partial charge in [0.25, 0.3) is 11.6 Å². The van der Waals surface area contributed by atoms with Gasteiger partial charge in [-0.2, -0.15) is 0 Å². The molecule has 34 heavy (non-hydrogen) atoms. The van der Waals surface area contributed by atoms with Crippen molar-refractivity contribution in [3.05, 3.63) is 103 Å². The van der Waals surface area contributed by atoms with Gasteiger partial charge in [0.2, 0.25) is 0 Å². The number of aryl methyl sites for hydroxylation is 1. The van der Waals surface area contributed by atoms with E-state index in [1.54, 1.807) is 24.3 Å². The molecule has 0 unspecified atom stereocenters. The molecule has 1 N–H and O–H groups in total. The standard InChI is InChI=1S/C25H20BrN3O4S/c1-2-16-6-9-19(10-7-16)27-25-28-24(30)23(34-25)14-17-8-11-22(21(26)13-17)33-15-18-4-3-5-20(12-18)29(31)32/h3-14H,2,15H2,1H3,(H,27,28,30)/b23-14+. The molecular formula is C25H20BrN3O4S. The second kappa shape index (κ2) is 10.7. The lowest BCUT2D eigenvalue weighted by atomic mass is 10.2. The molecule has 0 aliphatic carbocycles. The number of non-ortho nitro benzene ring substituents is 1. The molecule has 1 aliphatic rings. The molecule has 0 bridgehead atoms. The number of amidine groups is 1. The van der Waals surface area contributed by atoms with Crippen molar-refractivity contribution in [2.75, 3.05) is 0 Å². The zero-order valence-corrected chi connectivity index (χ0v) is 20.6. The molecule has 3 aromatic carbocycles. The van der Waals surface area contributed by atoms with Crippen LogP contribution in [0.2, 0.25) is 0 Å². The SMILES string of the molecule is CCc1ccc(N=C2NC(=O)/C(=C\c3ccc(OCc4cccc([N+](=O)[O-])c4)c(Br)c3)S2)cc1. The Kier molecular flexibility index (Phi) is 7.44. The van der Waals surface area contributed by atoms with Gasteiger partial charge in [0.15, 0.2) is 5.17 Å². The van der Waals surface area contributed by atoms with Crippen molar-refractivity contribution < 1.29 is 14.5 Å². The van der Waals surface area contributed by atoms with Crippen molar-refractivity contribution in [1.82, 2.24) is 5.32 Å². The Morgan fingerprint density at radius 2 is 1.91 bits per heavy atom. The normalized spacial score (nSPS) is 15.5. The zero-order valence-electron chi connectivity index (χ0n) is 18.2. The number of aliphatic imine (C=N–C) groups is 1. The number of carbonyl (C=O) groups excluding carboxylic acids is 1. The molecule has 4 rings (SSSR count). The molecule has 172 valence electrons. The van der Waals surface area contributed by atoms with Crippen LogP contribution in [0.15, 0.2) is 81.1 Å². The highest BCUT2D eigenvalue weighted by molar-refractivity contribution is 9.10. The first kappa shape index (κ1) is 23.7. The first-order valence-electron chi connectivity index (χ1n) is 10.5. The Morgan fingerprint density at radius 1 is 1.12 bits per heavy atom. The molecule has 1 amide bonds. The zero-order chi connectivity index (χ0) is 24.1. The Bertz CT molecular complexity index is 1310. The van der Waals surface area contributed by atoms with Gasteiger partial charge < -0.3 is 10.1 Å². The van der Waals surface area contributed by atoms with E-state index in [1.165, 1.54) is 29.5 Å². The summed E-state index contributed by atoms with van der Waals surface area (Å²) in [6.07, 6.45) is 2.75. The molecule has 0 aromatic heterocycles. The summed E-state index contributed by atoms with van der Waals surface area (Å²) in [7, 11) is 0. The van der Waals surface area contributed by atoms with Gasteiger partial charge in [0.05, 0.1) is 20.0 Å². The Morgan fingerprint density at radius 3 is 2.62 bits per heavy atom. The van der Waals surface area contributed by atoms with E-state index < -0.39 is 4.92 Å². The summed E-state index contributed by atoms with van der Waals surface area (Å²) >= 11 is 4.79. The lowest BCUT2D eigenvalue weighted by molar-refractivity contribution is -0.384. The largest absolute Gasteiger partial charge is 0.488 e. The van der Waals surface area contributed by atoms with Crippen LogP contribution in [-0.4, -0.2) is 16.0 Å². The van der Waals surface area contributed by atoms with Gasteiger partial charge in [-0.15, -0.1) is 0 Å². The maximum absolute atomic E-state index is 12.4. The fourth-order valence-electron chi connectivity index (χ4n) is 3.20. The average Bonchev–Trinajstić information content (AvgIpc) is 3.17. The minimum atomic E-state index is -0.433. The van der Waals surface area contributed by atoms with E-state index in [0.29, 0.717) is 25.9 Å². The van der Waals surface area contributed by atoms with Crippen LogP contribution >= 0.6 is 27.7 Å². The minimum Gasteiger partial charge on any atom is -0.488 e. The number of benzene rings is 3. The number of amides is 1. The average molecular weight is 538 g/mol. The number of nitrogens with zero attached hydrogens (tertiary/aromatic N) is 2. The van der Waals surface area contributed by atoms with Crippen molar-refractivity contribution in [2.24, 2.45) is 4.99 Å². The summed E-state index contributed by atoms with van der Waals surface area (Å²) in [6, 6.07) is 19.7. The molecule has 0 spiro atoms. The minimum absolute atomic E-state index is 0.0235. The second-order valence-electron chi connectivity index (χ2n) is 7.41. The number of hydrogen-bond donors (Lipinski definition) is 1. The van der Waals surface area contributed by atoms with Crippen molar-refractivity contribution in [3.63, 3.8) is 0 Å². The predicted octanol–water partition coefficient (Wildman–Crippen LogP) is 6.39. The van der Waals surface area contributed by atoms with Crippen molar-refractivity contribution >= 4 is 56.2 Å². The van der Waals surface area contributed by atoms with Gasteiger partial charge in [-0.25, -0.2) is 4.99 Å². The quantitative estimate of drug-likeness (QED) is 0.214. The molecule has 1 saturated heterocycles. The summed E-state index contributed by atoms with van der Waals surface area (Å²) < 4.78 is 6.52. The maximum atomic E-state index is 12.4. The third-order valence-electron chi connectivity index (χ3n) is 5.00. The number of nitro groups is 1. The molecule has 7 nitrogen and oxygen atoms in total. The predicted molar refractivity (Wildman–Crippen MR) is 138 cm³/mol. The Balaban J connectivity index is 1.43. The van der Waals surface area contributed by atoms with Gasteiger partial charge in [-0.05, 0) is 81.1 Å². The van der Waals surface area contributed by atoms with Gasteiger partial charge in [0, 0.05) is 12.1 Å². The number of carbonyl (C=O) groups is 1. The highest BCUT2D eigenvalue weighted by Gasteiger charge is 2.24. The van der Waals surface area contributed by atoms with E-state index in [9.17, 15) is 14.9 Å². The summed E-state index contributed by atoms with van der Waals surface area (Å²) in [6.45, 7) is 2.29. The second-order valence-corrected chi connectivity index (χ2v) is 9.29. The number of halogens is 1. The van der Waals surface area contributed by atoms with Crippen molar-refractivity contribution in [2.45, 2.75) is 20.0 Å². The van der Waals surface area contributed by atoms with Crippen LogP contribution in [0.3, 0.4) is 0 Å². The van der Waals surface area contributed by atoms with Crippen LogP contribution in [0.25, 0.3) is 6.08 Å². The molecule has 0 atom stereocenters. The van der Waals surface area contributed by atoms with E-state index in [1.807, 2.05) is 36.4 Å². The van der Waals surface area contributed by atoms with Crippen molar-refractivity contribution in [1.29, 1.82) is 0 Å². The Labute approximate surface area is 209 Å². The third-order valence-corrected chi connectivity index (χ3v) is 6.53. The molecule has 1 heterocycles. The van der Waals surface area contributed by atoms with E-state index in [0.717, 1.165) is 17.7 Å². The number of nitro benzene ring substituents is 1. The molecule has 3 aromatic rings. The van der Waals surface area contributed by atoms with Gasteiger partial charge in [0.1, 0.15) is 12.4 Å². The smallest absolute Gasteiger partial charge is 0.269 e. The summed E-state index contributed by atoms with van der Waals surface area (Å²) in [5.41, 5.74) is 3.56. The first-order valence-corrected chi connectivity index (χ1v) is 12.1. The van der Waals surface area contributed by atoms with Gasteiger partial charge >= 0.3 is 0 Å². The van der Waals surface area contributed by atoms with Crippen LogP contribution in [0.4, 0.5) is 11.4 Å². The Hall–Kier alpha value is -3.43. The number of thioether (sulfide) groups is 1. The molecule has 9 heteroatoms. The fraction of sp³-hybridized carbons (Fsp3) is 0.120. The number of nitrogens with one attached hydrogen (secondary N) is 1. The van der Waals surface area contributed by atoms with Gasteiger partial charge in [-0.1, -0.05) is 37.3 Å². The molecule has 0 radical (unpaired) electrons. The number of ether oxygens (including phenoxy) is 1. The highest BCUT2D eigenvalue weighted by atomic mass is 79.9. The van der Waals surface area contributed by atoms with E-state index in [2.05, 4.69) is 33.2 Å². The van der Waals surface area contributed by atoms with E-state index >= 15 is 0 Å². The van der Waals surface area contributed by atoms with Crippen LogP contribution in [0.5, 0.6) is 5.75 Å². The molecule has 0 saturated carbocycles. The topological polar surface area (TPSA) is 93.8 Å². The fourth-order valence-corrected chi connectivity index (χ4v) is 4.55. The summed E-state index contributed by atoms with van der Waals surface area (Å²) in [4.78, 5) is 28.0. The number of hydrogen-bond acceptors (Lipinski definition) is 6. The number of rotatable bonds is 7. The van der Waals surface area contributed by atoms with E-state index in [-0.39, 0.29) is 18.2 Å². The van der Waals surface area contributed by atoms with E-state index in [4.69, 9.17) is 4.74 Å². The van der Waals surface area contributed by atoms with Crippen LogP contribution in [-0.2, 0) is 17.8 Å². The lowest BCUT2D eigenvalue weighted by Gasteiger charge is -2.09. The summed E-state index contributed by atoms with van der Waals surface area (Å²) in [5, 5.41) is 14.3. The third kappa shape index (κ3) is 5.92. The van der Waals surface area contributed by atoms with Crippen LogP contribution in [0, 0.1) is 10.1 Å². The van der Waals surface area contributed by atoms with Crippen LogP contribution < -0.4 is 10.1 Å². The van der Waals surface area contributed by atoms with Gasteiger partial charge in [-0.3, -0.25) is 14.9 Å². The first-order chi connectivity index (χ1) is 16.4. The summed E-state index contributed by atoms with van der Waals surface area (Å²) in [5.74, 6) is 0.394.